The molecule has 0 aliphatic heterocycles. The first kappa shape index (κ1) is 26.0. The molecule has 6 rings (SSSR count). The second-order valence-electron chi connectivity index (χ2n) is 9.86. The van der Waals surface area contributed by atoms with Crippen LogP contribution in [0.3, 0.4) is 0 Å². The summed E-state index contributed by atoms with van der Waals surface area (Å²) in [6.45, 7) is 1.84. The Hall–Kier alpha value is -5.30. The second-order valence-corrected chi connectivity index (χ2v) is 9.86. The summed E-state index contributed by atoms with van der Waals surface area (Å²) in [5.41, 5.74) is 3.92. The van der Waals surface area contributed by atoms with Gasteiger partial charge in [0.15, 0.2) is 0 Å². The minimum atomic E-state index is -0.802. The van der Waals surface area contributed by atoms with Gasteiger partial charge in [0.1, 0.15) is 17.2 Å². The molecule has 6 aromatic rings. The van der Waals surface area contributed by atoms with Crippen LogP contribution in [-0.2, 0) is 5.54 Å². The maximum Gasteiger partial charge on any atom is 0.320 e. The zero-order chi connectivity index (χ0) is 28.2. The Morgan fingerprint density at radius 2 is 1.32 bits per heavy atom. The lowest BCUT2D eigenvalue weighted by Gasteiger charge is -2.37. The van der Waals surface area contributed by atoms with Crippen molar-refractivity contribution in [1.82, 2.24) is 20.1 Å². The molecule has 4 aromatic carbocycles. The van der Waals surface area contributed by atoms with E-state index in [4.69, 9.17) is 5.10 Å². The van der Waals surface area contributed by atoms with Crippen molar-refractivity contribution in [3.8, 4) is 0 Å². The zero-order valence-corrected chi connectivity index (χ0v) is 22.4. The van der Waals surface area contributed by atoms with Crippen LogP contribution >= 0.6 is 0 Å². The minimum Gasteiger partial charge on any atom is -0.331 e. The third-order valence-corrected chi connectivity index (χ3v) is 7.30. The number of pyridine rings is 1. The van der Waals surface area contributed by atoms with Gasteiger partial charge in [-0.25, -0.2) is 18.9 Å². The molecule has 0 saturated heterocycles. The number of nitrogens with zero attached hydrogens (tertiary/aromatic N) is 3. The molecule has 2 heterocycles. The van der Waals surface area contributed by atoms with E-state index >= 15 is 0 Å². The molecule has 0 aliphatic carbocycles. The number of halogens is 1. The summed E-state index contributed by atoms with van der Waals surface area (Å²) in [7, 11) is 0. The Labute approximate surface area is 237 Å². The zero-order valence-electron chi connectivity index (χ0n) is 22.4. The number of rotatable bonds is 7. The van der Waals surface area contributed by atoms with Crippen molar-refractivity contribution in [3.05, 3.63) is 162 Å². The summed E-state index contributed by atoms with van der Waals surface area (Å²) >= 11 is 0. The molecule has 0 radical (unpaired) electrons. The maximum atomic E-state index is 13.3. The van der Waals surface area contributed by atoms with E-state index < -0.39 is 11.6 Å². The Morgan fingerprint density at radius 1 is 0.780 bits per heavy atom. The van der Waals surface area contributed by atoms with Crippen LogP contribution in [0.1, 0.15) is 35.2 Å². The fourth-order valence-electron chi connectivity index (χ4n) is 5.34. The van der Waals surface area contributed by atoms with Gasteiger partial charge in [0.25, 0.3) is 0 Å². The van der Waals surface area contributed by atoms with Gasteiger partial charge in [0.2, 0.25) is 0 Å². The highest BCUT2D eigenvalue weighted by atomic mass is 19.1. The van der Waals surface area contributed by atoms with E-state index in [2.05, 4.69) is 52.0 Å². The maximum absolute atomic E-state index is 13.3. The quantitative estimate of drug-likeness (QED) is 0.209. The van der Waals surface area contributed by atoms with Gasteiger partial charge in [-0.1, -0.05) is 103 Å². The highest BCUT2D eigenvalue weighted by molar-refractivity contribution is 5.91. The topological polar surface area (TPSA) is 71.8 Å². The molecule has 6 nitrogen and oxygen atoms in total. The molecule has 0 spiro atoms. The molecule has 202 valence electrons. The van der Waals surface area contributed by atoms with E-state index in [1.807, 2.05) is 72.3 Å². The van der Waals surface area contributed by atoms with E-state index in [1.165, 1.54) is 12.1 Å². The van der Waals surface area contributed by atoms with Crippen molar-refractivity contribution in [2.45, 2.75) is 18.5 Å². The van der Waals surface area contributed by atoms with E-state index in [1.54, 1.807) is 24.5 Å². The molecular weight excluding hydrogens is 513 g/mol. The average molecular weight is 542 g/mol. The van der Waals surface area contributed by atoms with Crippen LogP contribution in [0.5, 0.6) is 0 Å². The number of hydrogen-bond donors (Lipinski definition) is 2. The fraction of sp³-hybridized carbons (Fsp3) is 0.0882. The van der Waals surface area contributed by atoms with E-state index in [-0.39, 0.29) is 11.9 Å². The summed E-state index contributed by atoms with van der Waals surface area (Å²) < 4.78 is 15.3. The van der Waals surface area contributed by atoms with Gasteiger partial charge in [0.05, 0.1) is 17.8 Å². The number of anilines is 1. The Morgan fingerprint density at radius 3 is 1.85 bits per heavy atom. The highest BCUT2D eigenvalue weighted by Gasteiger charge is 2.40. The van der Waals surface area contributed by atoms with Gasteiger partial charge in [-0.15, -0.1) is 0 Å². The SMILES string of the molecule is CC(NC(=O)Nc1cc2c(cn1)cnn2C(c1ccccc1)(c1ccccc1)c1ccccc1)c1ccc(F)cc1. The third-order valence-electron chi connectivity index (χ3n) is 7.30. The largest absolute Gasteiger partial charge is 0.331 e. The van der Waals surface area contributed by atoms with Crippen molar-refractivity contribution < 1.29 is 9.18 Å². The van der Waals surface area contributed by atoms with Crippen LogP contribution in [0, 0.1) is 5.82 Å². The Kier molecular flexibility index (Phi) is 7.00. The molecule has 41 heavy (non-hydrogen) atoms. The molecule has 0 bridgehead atoms. The number of carbonyl (C=O) groups is 1. The monoisotopic (exact) mass is 541 g/mol. The van der Waals surface area contributed by atoms with Crippen molar-refractivity contribution in [2.75, 3.05) is 5.32 Å². The van der Waals surface area contributed by atoms with Crippen LogP contribution in [0.25, 0.3) is 10.9 Å². The van der Waals surface area contributed by atoms with E-state index in [0.717, 1.165) is 33.2 Å². The number of aromatic nitrogens is 3. The molecular formula is C34H28FN5O. The number of nitrogens with one attached hydrogen (secondary N) is 2. The molecule has 0 saturated carbocycles. The molecule has 2 aromatic heterocycles. The summed E-state index contributed by atoms with van der Waals surface area (Å²) in [5.74, 6) is 0.0586. The van der Waals surface area contributed by atoms with Crippen molar-refractivity contribution in [1.29, 1.82) is 0 Å². The highest BCUT2D eigenvalue weighted by Crippen LogP contribution is 2.42. The van der Waals surface area contributed by atoms with Crippen molar-refractivity contribution in [2.24, 2.45) is 0 Å². The molecule has 0 fully saturated rings. The number of amides is 2. The van der Waals surface area contributed by atoms with Gasteiger partial charge in [-0.2, -0.15) is 5.10 Å². The molecule has 0 aliphatic rings. The molecule has 7 heteroatoms. The number of fused-ring (bicyclic) bond motifs is 1. The molecule has 2 amide bonds. The Bertz CT molecular complexity index is 1670. The van der Waals surface area contributed by atoms with Gasteiger partial charge < -0.3 is 5.32 Å². The number of carbonyl (C=O) groups excluding carboxylic acids is 1. The standard InChI is InChI=1S/C34H28FN5O/c1-24(25-17-19-30(35)20-18-25)38-33(41)39-32-21-31-26(22-36-32)23-37-40(31)34(27-11-5-2-6-12-27,28-13-7-3-8-14-28)29-15-9-4-10-16-29/h2-24H,1H3,(H2,36,38,39,41). The van der Waals surface area contributed by atoms with Crippen LogP contribution < -0.4 is 10.6 Å². The number of benzene rings is 4. The Balaban J connectivity index is 1.44. The fourth-order valence-corrected chi connectivity index (χ4v) is 5.34. The summed E-state index contributed by atoms with van der Waals surface area (Å²) in [4.78, 5) is 17.4. The summed E-state index contributed by atoms with van der Waals surface area (Å²) in [6.07, 6.45) is 3.51. The lowest BCUT2D eigenvalue weighted by atomic mass is 9.77. The first-order chi connectivity index (χ1) is 20.1. The minimum absolute atomic E-state index is 0.322. The predicted octanol–water partition coefficient (Wildman–Crippen LogP) is 7.29. The van der Waals surface area contributed by atoms with E-state index in [9.17, 15) is 9.18 Å². The number of urea groups is 1. The first-order valence-electron chi connectivity index (χ1n) is 13.4. The first-order valence-corrected chi connectivity index (χ1v) is 13.4. The normalized spacial score (nSPS) is 12.1. The van der Waals surface area contributed by atoms with Crippen LogP contribution in [0.15, 0.2) is 134 Å². The molecule has 1 unspecified atom stereocenters. The lowest BCUT2D eigenvalue weighted by Crippen LogP contribution is -2.38. The lowest BCUT2D eigenvalue weighted by molar-refractivity contribution is 0.249. The van der Waals surface area contributed by atoms with Gasteiger partial charge >= 0.3 is 6.03 Å². The molecule has 2 N–H and O–H groups in total. The second kappa shape index (κ2) is 11.1. The van der Waals surface area contributed by atoms with Crippen LogP contribution in [0.4, 0.5) is 15.0 Å². The summed E-state index contributed by atoms with van der Waals surface area (Å²) in [6, 6.07) is 38.0. The average Bonchev–Trinajstić information content (AvgIpc) is 3.43. The van der Waals surface area contributed by atoms with Crippen molar-refractivity contribution >= 4 is 22.8 Å². The van der Waals surface area contributed by atoms with Crippen molar-refractivity contribution in [3.63, 3.8) is 0 Å². The smallest absolute Gasteiger partial charge is 0.320 e. The van der Waals surface area contributed by atoms with Gasteiger partial charge in [-0.3, -0.25) is 5.32 Å². The predicted molar refractivity (Wildman–Crippen MR) is 159 cm³/mol. The number of hydrogen-bond acceptors (Lipinski definition) is 3. The van der Waals surface area contributed by atoms with Crippen LogP contribution in [0.2, 0.25) is 0 Å². The molecule has 1 atom stereocenters. The summed E-state index contributed by atoms with van der Waals surface area (Å²) in [5, 5.41) is 11.5. The van der Waals surface area contributed by atoms with Gasteiger partial charge in [-0.05, 0) is 41.3 Å². The van der Waals surface area contributed by atoms with Gasteiger partial charge in [0, 0.05) is 17.6 Å². The van der Waals surface area contributed by atoms with E-state index in [0.29, 0.717) is 5.82 Å². The third kappa shape index (κ3) is 4.94. The van der Waals surface area contributed by atoms with Crippen LogP contribution in [-0.4, -0.2) is 20.8 Å².